The molecule has 3 aliphatic rings. The predicted octanol–water partition coefficient (Wildman–Crippen LogP) is 2.05. The summed E-state index contributed by atoms with van der Waals surface area (Å²) in [4.78, 5) is 26.9. The average Bonchev–Trinajstić information content (AvgIpc) is 3.03. The van der Waals surface area contributed by atoms with Crippen molar-refractivity contribution in [2.45, 2.75) is 82.5 Å². The fourth-order valence-corrected chi connectivity index (χ4v) is 5.12. The molecule has 1 saturated carbocycles. The Kier molecular flexibility index (Phi) is 4.97. The summed E-state index contributed by atoms with van der Waals surface area (Å²) in [7, 11) is 0. The number of likely N-dealkylation sites (tertiary alicyclic amines) is 2. The van der Waals surface area contributed by atoms with E-state index in [2.05, 4.69) is 19.8 Å². The highest BCUT2D eigenvalue weighted by molar-refractivity contribution is 5.87. The zero-order valence-electron chi connectivity index (χ0n) is 15.7. The van der Waals surface area contributed by atoms with Gasteiger partial charge in [0.25, 0.3) is 0 Å². The highest BCUT2D eigenvalue weighted by atomic mass is 16.3. The maximum Gasteiger partial charge on any atom is 0.243 e. The second kappa shape index (κ2) is 7.24. The molecule has 26 heavy (non-hydrogen) atoms. The van der Waals surface area contributed by atoms with Crippen molar-refractivity contribution in [1.29, 1.82) is 0 Å². The van der Waals surface area contributed by atoms with Crippen LogP contribution in [0.15, 0.2) is 12.4 Å². The Balaban J connectivity index is 1.51. The van der Waals surface area contributed by atoms with E-state index in [-0.39, 0.29) is 11.6 Å². The Labute approximate surface area is 155 Å². The number of piperidine rings is 1. The molecule has 0 bridgehead atoms. The molecule has 6 nitrogen and oxygen atoms in total. The van der Waals surface area contributed by atoms with Crippen molar-refractivity contribution in [2.24, 2.45) is 0 Å². The molecule has 0 radical (unpaired) electrons. The molecule has 142 valence electrons. The van der Waals surface area contributed by atoms with E-state index in [1.54, 1.807) is 6.20 Å². The zero-order valence-corrected chi connectivity index (χ0v) is 15.7. The van der Waals surface area contributed by atoms with Gasteiger partial charge in [-0.1, -0.05) is 0 Å². The molecule has 1 aliphatic carbocycles. The summed E-state index contributed by atoms with van der Waals surface area (Å²) in [5.41, 5.74) is 1.52. The maximum absolute atomic E-state index is 13.6. The smallest absolute Gasteiger partial charge is 0.243 e. The number of aliphatic hydroxyl groups excluding tert-OH is 1. The van der Waals surface area contributed by atoms with Crippen molar-refractivity contribution >= 4 is 5.91 Å². The first-order chi connectivity index (χ1) is 12.6. The van der Waals surface area contributed by atoms with Crippen LogP contribution in [0.5, 0.6) is 0 Å². The predicted molar refractivity (Wildman–Crippen MR) is 98.4 cm³/mol. The normalized spacial score (nSPS) is 33.2. The lowest BCUT2D eigenvalue weighted by molar-refractivity contribution is -0.152. The van der Waals surface area contributed by atoms with Gasteiger partial charge in [-0.15, -0.1) is 0 Å². The van der Waals surface area contributed by atoms with E-state index in [4.69, 9.17) is 0 Å². The van der Waals surface area contributed by atoms with Gasteiger partial charge in [0.1, 0.15) is 5.54 Å². The van der Waals surface area contributed by atoms with E-state index in [1.165, 1.54) is 0 Å². The van der Waals surface area contributed by atoms with Gasteiger partial charge in [-0.05, 0) is 64.8 Å². The fourth-order valence-electron chi connectivity index (χ4n) is 5.12. The molecule has 1 aromatic rings. The van der Waals surface area contributed by atoms with E-state index in [0.717, 1.165) is 75.8 Å². The van der Waals surface area contributed by atoms with Crippen molar-refractivity contribution in [1.82, 2.24) is 19.8 Å². The summed E-state index contributed by atoms with van der Waals surface area (Å²) < 4.78 is 0. The molecule has 1 unspecified atom stereocenters. The van der Waals surface area contributed by atoms with Gasteiger partial charge in [0, 0.05) is 31.5 Å². The van der Waals surface area contributed by atoms with Gasteiger partial charge >= 0.3 is 0 Å². The lowest BCUT2D eigenvalue weighted by Gasteiger charge is -2.48. The first-order valence-corrected chi connectivity index (χ1v) is 10.1. The summed E-state index contributed by atoms with van der Waals surface area (Å²) >= 11 is 0. The Morgan fingerprint density at radius 3 is 2.54 bits per heavy atom. The van der Waals surface area contributed by atoms with E-state index >= 15 is 0 Å². The van der Waals surface area contributed by atoms with Crippen molar-refractivity contribution in [3.05, 3.63) is 23.8 Å². The van der Waals surface area contributed by atoms with E-state index in [0.29, 0.717) is 18.5 Å². The molecular formula is C20H30N4O2. The number of carbonyl (C=O) groups excluding carboxylic acids is 1. The minimum atomic E-state index is -0.346. The van der Waals surface area contributed by atoms with Gasteiger partial charge in [0.2, 0.25) is 5.91 Å². The molecule has 1 spiro atoms. The Morgan fingerprint density at radius 1 is 1.12 bits per heavy atom. The van der Waals surface area contributed by atoms with Crippen LogP contribution < -0.4 is 0 Å². The van der Waals surface area contributed by atoms with Gasteiger partial charge in [-0.25, -0.2) is 0 Å². The van der Waals surface area contributed by atoms with Crippen LogP contribution >= 0.6 is 0 Å². The SMILES string of the molecule is Cc1cnc(CN2CCCC23CCCN(C2CCC(O)CC2)C3=O)cn1. The first-order valence-electron chi connectivity index (χ1n) is 10.1. The average molecular weight is 358 g/mol. The lowest BCUT2D eigenvalue weighted by Crippen LogP contribution is -2.62. The number of hydrogen-bond acceptors (Lipinski definition) is 5. The maximum atomic E-state index is 13.6. The quantitative estimate of drug-likeness (QED) is 0.895. The molecule has 1 atom stereocenters. The third-order valence-corrected chi connectivity index (χ3v) is 6.57. The molecule has 3 fully saturated rings. The largest absolute Gasteiger partial charge is 0.393 e. The molecule has 2 aliphatic heterocycles. The van der Waals surface area contributed by atoms with Crippen LogP contribution in [0.3, 0.4) is 0 Å². The van der Waals surface area contributed by atoms with Crippen LogP contribution in [-0.4, -0.2) is 61.6 Å². The molecule has 3 heterocycles. The highest BCUT2D eigenvalue weighted by Crippen LogP contribution is 2.40. The van der Waals surface area contributed by atoms with Crippen LogP contribution in [0.4, 0.5) is 0 Å². The number of aliphatic hydroxyl groups is 1. The summed E-state index contributed by atoms with van der Waals surface area (Å²) in [6.45, 7) is 4.48. The third kappa shape index (κ3) is 3.25. The van der Waals surface area contributed by atoms with E-state index in [1.807, 2.05) is 13.1 Å². The van der Waals surface area contributed by atoms with Gasteiger partial charge in [-0.2, -0.15) is 0 Å². The number of hydrogen-bond donors (Lipinski definition) is 1. The first kappa shape index (κ1) is 17.9. The van der Waals surface area contributed by atoms with Crippen molar-refractivity contribution in [2.75, 3.05) is 13.1 Å². The number of aryl methyl sites for hydroxylation is 1. The molecule has 6 heteroatoms. The van der Waals surface area contributed by atoms with Crippen molar-refractivity contribution in [3.63, 3.8) is 0 Å². The minimum Gasteiger partial charge on any atom is -0.393 e. The molecule has 4 rings (SSSR count). The van der Waals surface area contributed by atoms with Crippen LogP contribution in [-0.2, 0) is 11.3 Å². The molecular weight excluding hydrogens is 328 g/mol. The van der Waals surface area contributed by atoms with Gasteiger partial charge in [-0.3, -0.25) is 19.7 Å². The van der Waals surface area contributed by atoms with Crippen LogP contribution in [0.2, 0.25) is 0 Å². The Bertz CT molecular complexity index is 642. The van der Waals surface area contributed by atoms with Crippen LogP contribution in [0, 0.1) is 6.92 Å². The lowest BCUT2D eigenvalue weighted by atomic mass is 9.82. The standard InChI is InChI=1S/C20H30N4O2/c1-15-12-22-16(13-21-15)14-23-10-2-8-20(23)9-3-11-24(19(20)26)17-4-6-18(25)7-5-17/h12-13,17-18,25H,2-11,14H2,1H3. The number of carbonyl (C=O) groups is 1. The van der Waals surface area contributed by atoms with E-state index < -0.39 is 0 Å². The minimum absolute atomic E-state index is 0.178. The summed E-state index contributed by atoms with van der Waals surface area (Å²) in [5, 5.41) is 9.80. The van der Waals surface area contributed by atoms with Crippen molar-refractivity contribution < 1.29 is 9.90 Å². The van der Waals surface area contributed by atoms with E-state index in [9.17, 15) is 9.90 Å². The van der Waals surface area contributed by atoms with Crippen LogP contribution in [0.25, 0.3) is 0 Å². The second-order valence-corrected chi connectivity index (χ2v) is 8.27. The summed E-state index contributed by atoms with van der Waals surface area (Å²) in [6, 6.07) is 0.310. The molecule has 1 amide bonds. The van der Waals surface area contributed by atoms with Gasteiger partial charge in [0.15, 0.2) is 0 Å². The fraction of sp³-hybridized carbons (Fsp3) is 0.750. The number of rotatable bonds is 3. The number of amides is 1. The topological polar surface area (TPSA) is 69.6 Å². The van der Waals surface area contributed by atoms with Crippen molar-refractivity contribution in [3.8, 4) is 0 Å². The van der Waals surface area contributed by atoms with Gasteiger partial charge in [0.05, 0.1) is 17.5 Å². The number of aromatic nitrogens is 2. The summed E-state index contributed by atoms with van der Waals surface area (Å²) in [5.74, 6) is 0.322. The molecule has 2 saturated heterocycles. The molecule has 1 N–H and O–H groups in total. The number of nitrogens with zero attached hydrogens (tertiary/aromatic N) is 4. The molecule has 1 aromatic heterocycles. The Hall–Kier alpha value is -1.53. The van der Waals surface area contributed by atoms with Gasteiger partial charge < -0.3 is 10.0 Å². The zero-order chi connectivity index (χ0) is 18.1. The summed E-state index contributed by atoms with van der Waals surface area (Å²) in [6.07, 6.45) is 11.0. The second-order valence-electron chi connectivity index (χ2n) is 8.27. The Morgan fingerprint density at radius 2 is 1.85 bits per heavy atom. The third-order valence-electron chi connectivity index (χ3n) is 6.57. The molecule has 0 aromatic carbocycles. The monoisotopic (exact) mass is 358 g/mol. The van der Waals surface area contributed by atoms with Crippen LogP contribution in [0.1, 0.15) is 62.8 Å². The highest BCUT2D eigenvalue weighted by Gasteiger charge is 2.52.